The van der Waals surface area contributed by atoms with Gasteiger partial charge in [-0.25, -0.2) is 0 Å². The fourth-order valence-electron chi connectivity index (χ4n) is 0.998. The Morgan fingerprint density at radius 3 is 2.00 bits per heavy atom. The van der Waals surface area contributed by atoms with E-state index in [9.17, 15) is 0 Å². The molecule has 5 heteroatoms. The fourth-order valence-corrected chi connectivity index (χ4v) is 2.15. The first kappa shape index (κ1) is 14.4. The second kappa shape index (κ2) is 8.66. The van der Waals surface area contributed by atoms with Crippen molar-refractivity contribution in [2.75, 3.05) is 13.2 Å². The van der Waals surface area contributed by atoms with Crippen LogP contribution in [0.4, 0.5) is 0 Å². The molecule has 1 rings (SSSR count). The van der Waals surface area contributed by atoms with E-state index in [0.29, 0.717) is 13.2 Å². The normalized spacial score (nSPS) is 9.80. The molecule has 3 nitrogen and oxygen atoms in total. The van der Waals surface area contributed by atoms with Crippen LogP contribution < -0.4 is 4.43 Å². The zero-order valence-electron chi connectivity index (χ0n) is 8.60. The van der Waals surface area contributed by atoms with Crippen LogP contribution >= 0.6 is 0 Å². The SMILES string of the molecule is CCO[SiH](OCC)Oc1ccccc1.[SiH4]. The van der Waals surface area contributed by atoms with Crippen LogP contribution in [0.2, 0.25) is 0 Å². The van der Waals surface area contributed by atoms with Crippen LogP contribution in [0.25, 0.3) is 0 Å². The van der Waals surface area contributed by atoms with Gasteiger partial charge >= 0.3 is 9.53 Å². The summed E-state index contributed by atoms with van der Waals surface area (Å²) in [6.07, 6.45) is 0. The average Bonchev–Trinajstić information content (AvgIpc) is 2.20. The first-order valence-corrected chi connectivity index (χ1v) is 6.23. The second-order valence-corrected chi connectivity index (χ2v) is 4.11. The van der Waals surface area contributed by atoms with Crippen LogP contribution in [0.1, 0.15) is 13.8 Å². The smallest absolute Gasteiger partial charge is 0.503 e. The molecule has 0 aliphatic heterocycles. The van der Waals surface area contributed by atoms with Gasteiger partial charge in [0.2, 0.25) is 0 Å². The highest BCUT2D eigenvalue weighted by atomic mass is 28.3. The Kier molecular flexibility index (Phi) is 8.30. The van der Waals surface area contributed by atoms with Crippen molar-refractivity contribution in [3.05, 3.63) is 30.3 Å². The third kappa shape index (κ3) is 5.73. The van der Waals surface area contributed by atoms with Gasteiger partial charge in [-0.2, -0.15) is 0 Å². The molecule has 0 unspecified atom stereocenters. The van der Waals surface area contributed by atoms with Gasteiger partial charge in [0.15, 0.2) is 0 Å². The van der Waals surface area contributed by atoms with Crippen molar-refractivity contribution in [1.82, 2.24) is 0 Å². The zero-order valence-corrected chi connectivity index (χ0v) is 9.76. The van der Waals surface area contributed by atoms with E-state index in [1.54, 1.807) is 0 Å². The molecule has 0 saturated carbocycles. The van der Waals surface area contributed by atoms with E-state index in [4.69, 9.17) is 13.3 Å². The molecular formula is C10H20O3Si2. The minimum atomic E-state index is -1.96. The Morgan fingerprint density at radius 2 is 1.53 bits per heavy atom. The maximum atomic E-state index is 5.59. The minimum absolute atomic E-state index is 0. The predicted molar refractivity (Wildman–Crippen MR) is 68.8 cm³/mol. The van der Waals surface area contributed by atoms with Crippen LogP contribution in [-0.2, 0) is 8.85 Å². The third-order valence-electron chi connectivity index (χ3n) is 1.58. The summed E-state index contributed by atoms with van der Waals surface area (Å²) in [5, 5.41) is 0. The number of benzene rings is 1. The molecular weight excluding hydrogens is 224 g/mol. The highest BCUT2D eigenvalue weighted by Gasteiger charge is 2.15. The first-order valence-electron chi connectivity index (χ1n) is 4.81. The van der Waals surface area contributed by atoms with E-state index in [-0.39, 0.29) is 11.0 Å². The van der Waals surface area contributed by atoms with Crippen molar-refractivity contribution in [3.8, 4) is 5.75 Å². The molecule has 0 N–H and O–H groups in total. The Balaban J connectivity index is 0.00000196. The molecule has 0 amide bonds. The molecule has 0 aliphatic rings. The predicted octanol–water partition coefficient (Wildman–Crippen LogP) is 0.404. The monoisotopic (exact) mass is 244 g/mol. The number of para-hydroxylation sites is 1. The summed E-state index contributed by atoms with van der Waals surface area (Å²) < 4.78 is 16.4. The van der Waals surface area contributed by atoms with E-state index >= 15 is 0 Å². The van der Waals surface area contributed by atoms with Crippen molar-refractivity contribution >= 4 is 20.5 Å². The Labute approximate surface area is 97.4 Å². The van der Waals surface area contributed by atoms with Gasteiger partial charge in [-0.05, 0) is 36.9 Å². The highest BCUT2D eigenvalue weighted by molar-refractivity contribution is 6.37. The molecule has 0 fully saturated rings. The number of hydrogen-bond acceptors (Lipinski definition) is 3. The van der Waals surface area contributed by atoms with E-state index in [0.717, 1.165) is 5.75 Å². The second-order valence-electron chi connectivity index (χ2n) is 2.63. The van der Waals surface area contributed by atoms with Crippen molar-refractivity contribution in [3.63, 3.8) is 0 Å². The quantitative estimate of drug-likeness (QED) is 0.678. The van der Waals surface area contributed by atoms with Gasteiger partial charge < -0.3 is 13.3 Å². The fraction of sp³-hybridized carbons (Fsp3) is 0.400. The topological polar surface area (TPSA) is 27.7 Å². The summed E-state index contributed by atoms with van der Waals surface area (Å²) in [5.74, 6) is 0.811. The molecule has 0 saturated heterocycles. The average molecular weight is 244 g/mol. The van der Waals surface area contributed by atoms with E-state index in [2.05, 4.69) is 0 Å². The van der Waals surface area contributed by atoms with Gasteiger partial charge in [-0.1, -0.05) is 18.2 Å². The van der Waals surface area contributed by atoms with Gasteiger partial charge in [0.25, 0.3) is 0 Å². The Hall–Kier alpha value is -0.626. The van der Waals surface area contributed by atoms with E-state index in [1.165, 1.54) is 0 Å². The molecule has 0 spiro atoms. The minimum Gasteiger partial charge on any atom is -0.503 e. The Morgan fingerprint density at radius 1 is 1.00 bits per heavy atom. The summed E-state index contributed by atoms with van der Waals surface area (Å²) in [5.41, 5.74) is 0. The van der Waals surface area contributed by atoms with Crippen LogP contribution in [0.15, 0.2) is 30.3 Å². The lowest BCUT2D eigenvalue weighted by atomic mass is 10.3. The molecule has 0 bridgehead atoms. The standard InChI is InChI=1S/C10H16O3Si.H4Si/c1-3-11-14(12-4-2)13-10-8-6-5-7-9-10;/h5-9,14H,3-4H2,1-2H3;1H4. The maximum absolute atomic E-state index is 5.59. The summed E-state index contributed by atoms with van der Waals surface area (Å²) >= 11 is 0. The molecule has 0 aliphatic carbocycles. The zero-order chi connectivity index (χ0) is 10.2. The highest BCUT2D eigenvalue weighted by Crippen LogP contribution is 2.10. The Bertz CT molecular complexity index is 238. The lowest BCUT2D eigenvalue weighted by molar-refractivity contribution is 0.153. The molecule has 1 aromatic rings. The molecule has 1 aromatic carbocycles. The van der Waals surface area contributed by atoms with Crippen LogP contribution in [0.5, 0.6) is 5.75 Å². The van der Waals surface area contributed by atoms with E-state index in [1.807, 2.05) is 44.2 Å². The van der Waals surface area contributed by atoms with Crippen LogP contribution in [0, 0.1) is 0 Å². The third-order valence-corrected chi connectivity index (χ3v) is 3.26. The van der Waals surface area contributed by atoms with Crippen molar-refractivity contribution in [2.24, 2.45) is 0 Å². The molecule has 0 aromatic heterocycles. The largest absolute Gasteiger partial charge is 0.549 e. The number of hydrogen-bond donors (Lipinski definition) is 0. The summed E-state index contributed by atoms with van der Waals surface area (Å²) in [6.45, 7) is 5.13. The van der Waals surface area contributed by atoms with Gasteiger partial charge in [-0.15, -0.1) is 0 Å². The number of rotatable bonds is 6. The van der Waals surface area contributed by atoms with Crippen LogP contribution in [0.3, 0.4) is 0 Å². The first-order chi connectivity index (χ1) is 6.86. The van der Waals surface area contributed by atoms with Crippen LogP contribution in [-0.4, -0.2) is 33.7 Å². The van der Waals surface area contributed by atoms with Gasteiger partial charge in [0, 0.05) is 13.2 Å². The summed E-state index contributed by atoms with van der Waals surface area (Å²) in [4.78, 5) is 0. The molecule has 0 atom stereocenters. The van der Waals surface area contributed by atoms with E-state index < -0.39 is 9.53 Å². The molecule has 15 heavy (non-hydrogen) atoms. The van der Waals surface area contributed by atoms with Gasteiger partial charge in [-0.3, -0.25) is 0 Å². The maximum Gasteiger partial charge on any atom is 0.549 e. The molecule has 86 valence electrons. The summed E-state index contributed by atoms with van der Waals surface area (Å²) in [6, 6.07) is 9.61. The lowest BCUT2D eigenvalue weighted by Crippen LogP contribution is -2.30. The van der Waals surface area contributed by atoms with Crippen molar-refractivity contribution < 1.29 is 13.3 Å². The molecule has 0 radical (unpaired) electrons. The van der Waals surface area contributed by atoms with Gasteiger partial charge in [0.1, 0.15) is 5.75 Å². The van der Waals surface area contributed by atoms with Crippen molar-refractivity contribution in [1.29, 1.82) is 0 Å². The van der Waals surface area contributed by atoms with Gasteiger partial charge in [0.05, 0.1) is 0 Å². The summed E-state index contributed by atoms with van der Waals surface area (Å²) in [7, 11) is -1.96. The van der Waals surface area contributed by atoms with Crippen molar-refractivity contribution in [2.45, 2.75) is 13.8 Å². The lowest BCUT2D eigenvalue weighted by Gasteiger charge is -2.15. The molecule has 0 heterocycles.